The molecule has 0 saturated heterocycles. The summed E-state index contributed by atoms with van der Waals surface area (Å²) < 4.78 is 32.2. The lowest BCUT2D eigenvalue weighted by Gasteiger charge is -2.32. The Morgan fingerprint density at radius 3 is 2.57 bits per heavy atom. The van der Waals surface area contributed by atoms with E-state index in [1.165, 1.54) is 16.7 Å². The molecule has 0 aromatic carbocycles. The van der Waals surface area contributed by atoms with Crippen LogP contribution in [0, 0.1) is 5.92 Å². The molecule has 7 nitrogen and oxygen atoms in total. The van der Waals surface area contributed by atoms with Crippen LogP contribution in [0.2, 0.25) is 0 Å². The minimum atomic E-state index is -3.50. The molecule has 0 aromatic rings. The van der Waals surface area contributed by atoms with Crippen LogP contribution in [0.3, 0.4) is 0 Å². The van der Waals surface area contributed by atoms with Gasteiger partial charge in [0.2, 0.25) is 0 Å². The number of amidine groups is 1. The number of amides is 1. The summed E-state index contributed by atoms with van der Waals surface area (Å²) in [4.78, 5) is 17.9. The van der Waals surface area contributed by atoms with Crippen molar-refractivity contribution in [2.45, 2.75) is 26.4 Å². The first kappa shape index (κ1) is 18.2. The van der Waals surface area contributed by atoms with Gasteiger partial charge in [-0.2, -0.15) is 8.42 Å². The molecule has 122 valence electrons. The van der Waals surface area contributed by atoms with Crippen molar-refractivity contribution in [2.75, 3.05) is 32.2 Å². The van der Waals surface area contributed by atoms with Gasteiger partial charge in [0.15, 0.2) is 5.17 Å². The fraction of sp³-hybridized carbons (Fsp3) is 0.833. The number of rotatable bonds is 3. The largest absolute Gasteiger partial charge is 0.443 e. The number of carbonyl (C=O) groups excluding carboxylic acids is 1. The summed E-state index contributed by atoms with van der Waals surface area (Å²) >= 11 is 1.35. The van der Waals surface area contributed by atoms with E-state index in [9.17, 15) is 13.2 Å². The van der Waals surface area contributed by atoms with Gasteiger partial charge in [-0.1, -0.05) is 11.8 Å². The fourth-order valence-corrected chi connectivity index (χ4v) is 2.67. The van der Waals surface area contributed by atoms with E-state index in [-0.39, 0.29) is 12.5 Å². The average molecular weight is 338 g/mol. The van der Waals surface area contributed by atoms with Crippen molar-refractivity contribution >= 4 is 33.1 Å². The lowest BCUT2D eigenvalue weighted by atomic mass is 10.1. The number of thioether (sulfide) groups is 1. The molecular weight excluding hydrogens is 316 g/mol. The predicted molar refractivity (Wildman–Crippen MR) is 83.0 cm³/mol. The minimum Gasteiger partial charge on any atom is -0.443 e. The Morgan fingerprint density at radius 2 is 2.10 bits per heavy atom. The second-order valence-corrected chi connectivity index (χ2v) is 8.19. The molecule has 9 heteroatoms. The lowest BCUT2D eigenvalue weighted by molar-refractivity contribution is 0.0336. The van der Waals surface area contributed by atoms with Crippen molar-refractivity contribution in [3.63, 3.8) is 0 Å². The third kappa shape index (κ3) is 6.66. The number of nitrogens with zero attached hydrogens (tertiary/aromatic N) is 2. The van der Waals surface area contributed by atoms with Gasteiger partial charge in [0, 0.05) is 19.0 Å². The van der Waals surface area contributed by atoms with Crippen molar-refractivity contribution in [1.82, 2.24) is 4.90 Å². The lowest BCUT2D eigenvalue weighted by Crippen LogP contribution is -2.46. The molecule has 0 N–H and O–H groups in total. The smallest absolute Gasteiger partial charge is 0.416 e. The Balaban J connectivity index is 2.74. The van der Waals surface area contributed by atoms with Crippen molar-refractivity contribution < 1.29 is 22.1 Å². The summed E-state index contributed by atoms with van der Waals surface area (Å²) in [6.07, 6.45) is 2.33. The van der Waals surface area contributed by atoms with E-state index in [2.05, 4.69) is 4.99 Å². The van der Waals surface area contributed by atoms with Crippen LogP contribution in [0.25, 0.3) is 0 Å². The molecule has 0 saturated carbocycles. The number of hydrogen-bond acceptors (Lipinski definition) is 7. The highest BCUT2D eigenvalue weighted by Gasteiger charge is 2.31. The molecule has 1 heterocycles. The van der Waals surface area contributed by atoms with Crippen molar-refractivity contribution in [3.8, 4) is 0 Å². The van der Waals surface area contributed by atoms with E-state index in [0.29, 0.717) is 18.3 Å². The normalized spacial score (nSPS) is 20.1. The number of ether oxygens (including phenoxy) is 1. The maximum absolute atomic E-state index is 12.2. The second kappa shape index (κ2) is 6.97. The summed E-state index contributed by atoms with van der Waals surface area (Å²) in [6, 6.07) is 0. The van der Waals surface area contributed by atoms with E-state index in [1.807, 2.05) is 6.26 Å². The molecule has 0 bridgehead atoms. The van der Waals surface area contributed by atoms with E-state index < -0.39 is 21.8 Å². The van der Waals surface area contributed by atoms with E-state index in [1.54, 1.807) is 20.8 Å². The molecule has 0 spiro atoms. The van der Waals surface area contributed by atoms with Gasteiger partial charge >= 0.3 is 6.09 Å². The van der Waals surface area contributed by atoms with Crippen LogP contribution in [0.1, 0.15) is 20.8 Å². The predicted octanol–water partition coefficient (Wildman–Crippen LogP) is 1.55. The molecule has 1 rings (SSSR count). The zero-order valence-corrected chi connectivity index (χ0v) is 14.6. The highest BCUT2D eigenvalue weighted by Crippen LogP contribution is 2.20. The van der Waals surface area contributed by atoms with Gasteiger partial charge in [0.25, 0.3) is 10.1 Å². The molecule has 0 aromatic heterocycles. The zero-order chi connectivity index (χ0) is 16.3. The van der Waals surface area contributed by atoms with Crippen LogP contribution in [-0.4, -0.2) is 62.4 Å². The topological polar surface area (TPSA) is 85.3 Å². The Labute approximate surface area is 130 Å². The zero-order valence-electron chi connectivity index (χ0n) is 13.0. The number of aliphatic imine (C=N–C) groups is 1. The number of carbonyl (C=O) groups is 1. The highest BCUT2D eigenvalue weighted by atomic mass is 32.2. The van der Waals surface area contributed by atoms with E-state index >= 15 is 0 Å². The van der Waals surface area contributed by atoms with Gasteiger partial charge in [-0.25, -0.2) is 4.79 Å². The summed E-state index contributed by atoms with van der Waals surface area (Å²) in [5, 5.41) is 0.569. The van der Waals surface area contributed by atoms with Crippen LogP contribution >= 0.6 is 11.8 Å². The molecule has 0 fully saturated rings. The first-order valence-corrected chi connectivity index (χ1v) is 9.49. The van der Waals surface area contributed by atoms with Gasteiger partial charge in [-0.15, -0.1) is 0 Å². The number of hydrogen-bond donors (Lipinski definition) is 0. The summed E-state index contributed by atoms with van der Waals surface area (Å²) in [6.45, 7) is 6.11. The molecule has 1 amide bonds. The molecule has 21 heavy (non-hydrogen) atoms. The second-order valence-electron chi connectivity index (χ2n) is 5.77. The standard InChI is InChI=1S/C12H22N2O5S2/c1-12(2,3)19-11(15)14-7-9(6-13-10(14)20-4)8-18-21(5,16)17/h9H,6-8H2,1-5H3. The Bertz CT molecular complexity index is 510. The molecule has 1 aliphatic rings. The average Bonchev–Trinajstić information content (AvgIpc) is 2.33. The molecule has 1 atom stereocenters. The minimum absolute atomic E-state index is 0.00327. The van der Waals surface area contributed by atoms with Gasteiger partial charge in [0.05, 0.1) is 12.9 Å². The van der Waals surface area contributed by atoms with Gasteiger partial charge < -0.3 is 4.74 Å². The SMILES string of the molecule is CSC1=NCC(COS(C)(=O)=O)CN1C(=O)OC(C)(C)C. The van der Waals surface area contributed by atoms with E-state index in [4.69, 9.17) is 8.92 Å². The molecule has 1 unspecified atom stereocenters. The summed E-state index contributed by atoms with van der Waals surface area (Å²) in [5.41, 5.74) is -0.600. The highest BCUT2D eigenvalue weighted by molar-refractivity contribution is 8.13. The Hall–Kier alpha value is -0.800. The third-order valence-electron chi connectivity index (χ3n) is 2.47. The first-order chi connectivity index (χ1) is 9.52. The van der Waals surface area contributed by atoms with Gasteiger partial charge in [-0.05, 0) is 27.0 Å². The maximum atomic E-state index is 12.2. The van der Waals surface area contributed by atoms with Gasteiger partial charge in [0.1, 0.15) is 5.60 Å². The van der Waals surface area contributed by atoms with E-state index in [0.717, 1.165) is 6.26 Å². The molecule has 0 aliphatic carbocycles. The molecular formula is C12H22N2O5S2. The summed E-state index contributed by atoms with van der Waals surface area (Å²) in [7, 11) is -3.50. The Morgan fingerprint density at radius 1 is 1.48 bits per heavy atom. The third-order valence-corrected chi connectivity index (χ3v) is 3.75. The van der Waals surface area contributed by atoms with Crippen molar-refractivity contribution in [2.24, 2.45) is 10.9 Å². The molecule has 0 radical (unpaired) electrons. The fourth-order valence-electron chi connectivity index (χ4n) is 1.66. The monoisotopic (exact) mass is 338 g/mol. The quantitative estimate of drug-likeness (QED) is 0.726. The van der Waals surface area contributed by atoms with Crippen LogP contribution in [-0.2, 0) is 19.0 Å². The van der Waals surface area contributed by atoms with Crippen molar-refractivity contribution in [3.05, 3.63) is 0 Å². The van der Waals surface area contributed by atoms with Gasteiger partial charge in [-0.3, -0.25) is 14.1 Å². The Kier molecular flexibility index (Phi) is 6.06. The maximum Gasteiger partial charge on any atom is 0.416 e. The van der Waals surface area contributed by atoms with Crippen LogP contribution in [0.5, 0.6) is 0 Å². The molecule has 1 aliphatic heterocycles. The van der Waals surface area contributed by atoms with Crippen LogP contribution < -0.4 is 0 Å². The summed E-state index contributed by atoms with van der Waals surface area (Å²) in [5.74, 6) is -0.178. The van der Waals surface area contributed by atoms with Crippen LogP contribution in [0.4, 0.5) is 4.79 Å². The van der Waals surface area contributed by atoms with Crippen LogP contribution in [0.15, 0.2) is 4.99 Å². The first-order valence-electron chi connectivity index (χ1n) is 6.45. The van der Waals surface area contributed by atoms with Crippen molar-refractivity contribution in [1.29, 1.82) is 0 Å².